The van der Waals surface area contributed by atoms with Gasteiger partial charge in [-0.1, -0.05) is 0 Å². The first kappa shape index (κ1) is 11.2. The Morgan fingerprint density at radius 2 is 2.19 bits per heavy atom. The molecule has 86 valence electrons. The van der Waals surface area contributed by atoms with Crippen LogP contribution in [0.3, 0.4) is 0 Å². The first-order valence-electron chi connectivity index (χ1n) is 5.34. The maximum Gasteiger partial charge on any atom is 0.276 e. The van der Waals surface area contributed by atoms with Gasteiger partial charge in [-0.15, -0.1) is 11.6 Å². The van der Waals surface area contributed by atoms with Crippen LogP contribution in [-0.4, -0.2) is 20.1 Å². The topological polar surface area (TPSA) is 39.3 Å². The molecule has 2 aromatic rings. The van der Waals surface area contributed by atoms with Crippen LogP contribution >= 0.6 is 11.6 Å². The second-order valence-corrected chi connectivity index (χ2v) is 4.19. The van der Waals surface area contributed by atoms with Gasteiger partial charge in [-0.25, -0.2) is 4.52 Å². The Labute approximate surface area is 98.5 Å². The number of hydrogen-bond donors (Lipinski definition) is 0. The van der Waals surface area contributed by atoms with Gasteiger partial charge in [-0.2, -0.15) is 5.10 Å². The van der Waals surface area contributed by atoms with Crippen LogP contribution in [0.1, 0.15) is 18.5 Å². The van der Waals surface area contributed by atoms with E-state index in [1.54, 1.807) is 21.3 Å². The number of fused-ring (bicyclic) bond motifs is 1. The zero-order valence-electron chi connectivity index (χ0n) is 9.19. The zero-order valence-corrected chi connectivity index (χ0v) is 9.94. The molecule has 5 heteroatoms. The molecule has 0 N–H and O–H groups in total. The second kappa shape index (κ2) is 4.70. The average Bonchev–Trinajstić information content (AvgIpc) is 2.64. The number of aryl methyl sites for hydroxylation is 2. The van der Waals surface area contributed by atoms with Gasteiger partial charge in [-0.05, 0) is 25.8 Å². The summed E-state index contributed by atoms with van der Waals surface area (Å²) in [5, 5.41) is 4.19. The Morgan fingerprint density at radius 3 is 2.94 bits per heavy atom. The predicted molar refractivity (Wildman–Crippen MR) is 64.1 cm³/mol. The Hall–Kier alpha value is -1.29. The summed E-state index contributed by atoms with van der Waals surface area (Å²) in [6, 6.07) is 1.81. The standard InChI is InChI=1S/C11H14ClN3O/c1-9-8-10-11(16)14(5-3-2-4-12)6-7-15(10)13-9/h6-8H,2-5H2,1H3. The number of halogens is 1. The molecule has 0 amide bonds. The van der Waals surface area contributed by atoms with Crippen LogP contribution in [0, 0.1) is 6.92 Å². The van der Waals surface area contributed by atoms with Crippen molar-refractivity contribution in [2.75, 3.05) is 5.88 Å². The third-order valence-electron chi connectivity index (χ3n) is 2.51. The highest BCUT2D eigenvalue weighted by molar-refractivity contribution is 6.17. The number of alkyl halides is 1. The molecule has 0 aromatic carbocycles. The lowest BCUT2D eigenvalue weighted by molar-refractivity contribution is 0.611. The molecule has 0 fully saturated rings. The van der Waals surface area contributed by atoms with Crippen molar-refractivity contribution in [1.29, 1.82) is 0 Å². The van der Waals surface area contributed by atoms with Crippen LogP contribution in [0.5, 0.6) is 0 Å². The summed E-state index contributed by atoms with van der Waals surface area (Å²) in [7, 11) is 0. The van der Waals surface area contributed by atoms with Crippen molar-refractivity contribution in [2.45, 2.75) is 26.3 Å². The lowest BCUT2D eigenvalue weighted by atomic mass is 10.3. The first-order chi connectivity index (χ1) is 7.72. The van der Waals surface area contributed by atoms with Gasteiger partial charge in [-0.3, -0.25) is 4.79 Å². The fourth-order valence-electron chi connectivity index (χ4n) is 1.70. The van der Waals surface area contributed by atoms with Crippen molar-refractivity contribution >= 4 is 17.1 Å². The third-order valence-corrected chi connectivity index (χ3v) is 2.78. The Balaban J connectivity index is 2.33. The maximum absolute atomic E-state index is 12.0. The van der Waals surface area contributed by atoms with Gasteiger partial charge in [0.25, 0.3) is 5.56 Å². The highest BCUT2D eigenvalue weighted by Crippen LogP contribution is 2.01. The summed E-state index contributed by atoms with van der Waals surface area (Å²) < 4.78 is 3.33. The van der Waals surface area contributed by atoms with Crippen molar-refractivity contribution < 1.29 is 0 Å². The molecule has 0 spiro atoms. The summed E-state index contributed by atoms with van der Waals surface area (Å²) in [5.41, 5.74) is 1.50. The lowest BCUT2D eigenvalue weighted by Crippen LogP contribution is -2.21. The molecule has 0 atom stereocenters. The van der Waals surface area contributed by atoms with E-state index in [0.717, 1.165) is 18.5 Å². The highest BCUT2D eigenvalue weighted by atomic mass is 35.5. The van der Waals surface area contributed by atoms with Crippen molar-refractivity contribution in [3.8, 4) is 0 Å². The fraction of sp³-hybridized carbons (Fsp3) is 0.455. The molecule has 0 bridgehead atoms. The van der Waals surface area contributed by atoms with Crippen LogP contribution in [0.15, 0.2) is 23.3 Å². The fourth-order valence-corrected chi connectivity index (χ4v) is 1.89. The second-order valence-electron chi connectivity index (χ2n) is 3.81. The Bertz CT molecular complexity index is 544. The van der Waals surface area contributed by atoms with E-state index in [0.29, 0.717) is 17.9 Å². The molecule has 2 rings (SSSR count). The summed E-state index contributed by atoms with van der Waals surface area (Å²) in [4.78, 5) is 12.0. The van der Waals surface area contributed by atoms with E-state index < -0.39 is 0 Å². The van der Waals surface area contributed by atoms with Crippen LogP contribution in [0.2, 0.25) is 0 Å². The molecule has 0 saturated carbocycles. The van der Waals surface area contributed by atoms with Gasteiger partial charge < -0.3 is 4.57 Å². The molecule has 0 unspecified atom stereocenters. The third kappa shape index (κ3) is 2.11. The van der Waals surface area contributed by atoms with Crippen molar-refractivity contribution in [1.82, 2.24) is 14.2 Å². The summed E-state index contributed by atoms with van der Waals surface area (Å²) in [6.07, 6.45) is 5.44. The first-order valence-corrected chi connectivity index (χ1v) is 5.87. The molecule has 2 heterocycles. The number of aromatic nitrogens is 3. The Kier molecular flexibility index (Phi) is 3.29. The number of nitrogens with zero attached hydrogens (tertiary/aromatic N) is 3. The zero-order chi connectivity index (χ0) is 11.5. The normalized spacial score (nSPS) is 11.1. The molecule has 16 heavy (non-hydrogen) atoms. The van der Waals surface area contributed by atoms with Gasteiger partial charge in [0.05, 0.1) is 5.69 Å². The monoisotopic (exact) mass is 239 g/mol. The number of rotatable bonds is 4. The average molecular weight is 240 g/mol. The van der Waals surface area contributed by atoms with Crippen molar-refractivity contribution in [3.05, 3.63) is 34.5 Å². The molecule has 4 nitrogen and oxygen atoms in total. The predicted octanol–water partition coefficient (Wildman–Crippen LogP) is 1.82. The Morgan fingerprint density at radius 1 is 1.38 bits per heavy atom. The molecular formula is C11H14ClN3O. The molecule has 0 aliphatic rings. The minimum atomic E-state index is 0.0117. The molecule has 0 aliphatic carbocycles. The van der Waals surface area contributed by atoms with Crippen molar-refractivity contribution in [2.24, 2.45) is 0 Å². The van der Waals surface area contributed by atoms with Crippen LogP contribution < -0.4 is 5.56 Å². The molecular weight excluding hydrogens is 226 g/mol. The maximum atomic E-state index is 12.0. The van der Waals surface area contributed by atoms with Crippen LogP contribution in [0.4, 0.5) is 0 Å². The van der Waals surface area contributed by atoms with E-state index in [4.69, 9.17) is 11.6 Å². The smallest absolute Gasteiger partial charge is 0.276 e. The SMILES string of the molecule is Cc1cc2c(=O)n(CCCCCl)ccn2n1. The summed E-state index contributed by atoms with van der Waals surface area (Å²) >= 11 is 5.60. The number of hydrogen-bond acceptors (Lipinski definition) is 2. The summed E-state index contributed by atoms with van der Waals surface area (Å²) in [6.45, 7) is 2.59. The van der Waals surface area contributed by atoms with Gasteiger partial charge in [0, 0.05) is 24.8 Å². The quantitative estimate of drug-likeness (QED) is 0.603. The minimum absolute atomic E-state index is 0.0117. The molecule has 0 aliphatic heterocycles. The number of unbranched alkanes of at least 4 members (excludes halogenated alkanes) is 1. The van der Waals surface area contributed by atoms with Gasteiger partial charge in [0.1, 0.15) is 5.52 Å². The van der Waals surface area contributed by atoms with E-state index >= 15 is 0 Å². The van der Waals surface area contributed by atoms with Gasteiger partial charge >= 0.3 is 0 Å². The van der Waals surface area contributed by atoms with E-state index in [-0.39, 0.29) is 5.56 Å². The molecule has 2 aromatic heterocycles. The largest absolute Gasteiger partial charge is 0.312 e. The van der Waals surface area contributed by atoms with E-state index in [1.807, 2.05) is 13.1 Å². The van der Waals surface area contributed by atoms with Crippen LogP contribution in [-0.2, 0) is 6.54 Å². The van der Waals surface area contributed by atoms with E-state index in [9.17, 15) is 4.79 Å². The highest BCUT2D eigenvalue weighted by Gasteiger charge is 2.04. The minimum Gasteiger partial charge on any atom is -0.312 e. The lowest BCUT2D eigenvalue weighted by Gasteiger charge is -2.04. The van der Waals surface area contributed by atoms with Crippen LogP contribution in [0.25, 0.3) is 5.52 Å². The van der Waals surface area contributed by atoms with Gasteiger partial charge in [0.15, 0.2) is 0 Å². The van der Waals surface area contributed by atoms with E-state index in [2.05, 4.69) is 5.10 Å². The van der Waals surface area contributed by atoms with Gasteiger partial charge in [0.2, 0.25) is 0 Å². The molecule has 0 saturated heterocycles. The van der Waals surface area contributed by atoms with E-state index in [1.165, 1.54) is 0 Å². The summed E-state index contributed by atoms with van der Waals surface area (Å²) in [5.74, 6) is 0.642. The van der Waals surface area contributed by atoms with Crippen molar-refractivity contribution in [3.63, 3.8) is 0 Å². The molecule has 0 radical (unpaired) electrons.